The summed E-state index contributed by atoms with van der Waals surface area (Å²) in [6.45, 7) is 5.80. The predicted molar refractivity (Wildman–Crippen MR) is 82.3 cm³/mol. The zero-order valence-electron chi connectivity index (χ0n) is 13.6. The predicted octanol–water partition coefficient (Wildman–Crippen LogP) is 2.84. The highest BCUT2D eigenvalue weighted by Gasteiger charge is 2.24. The van der Waals surface area contributed by atoms with Crippen LogP contribution in [-0.2, 0) is 16.1 Å². The Morgan fingerprint density at radius 1 is 1.48 bits per heavy atom. The lowest BCUT2D eigenvalue weighted by Crippen LogP contribution is -2.13. The zero-order chi connectivity index (χ0) is 17.1. The van der Waals surface area contributed by atoms with Gasteiger partial charge in [0.15, 0.2) is 0 Å². The number of nitrogens with zero attached hydrogens (tertiary/aromatic N) is 3. The maximum absolute atomic E-state index is 13.2. The van der Waals surface area contributed by atoms with Crippen LogP contribution in [0.2, 0.25) is 0 Å². The number of aryl methyl sites for hydroxylation is 1. The van der Waals surface area contributed by atoms with E-state index in [1.54, 1.807) is 17.7 Å². The van der Waals surface area contributed by atoms with Gasteiger partial charge in [-0.15, -0.1) is 0 Å². The highest BCUT2D eigenvalue weighted by molar-refractivity contribution is 5.78. The van der Waals surface area contributed by atoms with Crippen molar-refractivity contribution in [2.75, 3.05) is 7.11 Å². The van der Waals surface area contributed by atoms with Crippen LogP contribution in [0.5, 0.6) is 0 Å². The Morgan fingerprint density at radius 3 is 2.78 bits per heavy atom. The number of nitriles is 1. The molecular formula is C17H18FN3O2. The fourth-order valence-electron chi connectivity index (χ4n) is 2.74. The van der Waals surface area contributed by atoms with Crippen LogP contribution in [-0.4, -0.2) is 22.9 Å². The number of esters is 1. The quantitative estimate of drug-likeness (QED) is 0.814. The van der Waals surface area contributed by atoms with E-state index in [0.717, 1.165) is 17.0 Å². The van der Waals surface area contributed by atoms with Crippen molar-refractivity contribution in [2.45, 2.75) is 33.2 Å². The van der Waals surface area contributed by atoms with Gasteiger partial charge in [0.2, 0.25) is 0 Å². The van der Waals surface area contributed by atoms with Crippen molar-refractivity contribution in [3.63, 3.8) is 0 Å². The summed E-state index contributed by atoms with van der Waals surface area (Å²) in [5, 5.41) is 13.6. The van der Waals surface area contributed by atoms with Crippen molar-refractivity contribution in [2.24, 2.45) is 0 Å². The first-order chi connectivity index (χ1) is 10.9. The second kappa shape index (κ2) is 6.61. The van der Waals surface area contributed by atoms with E-state index < -0.39 is 11.7 Å². The number of aromatic nitrogens is 2. The van der Waals surface area contributed by atoms with Crippen LogP contribution in [0.15, 0.2) is 18.2 Å². The van der Waals surface area contributed by atoms with Crippen molar-refractivity contribution in [3.8, 4) is 6.07 Å². The standard InChI is InChI=1S/C17H18FN3O2/c1-10(17(22)23-4)16-11(2)20-21(12(16)3)9-13-5-6-15(18)7-14(13)8-19/h5-7,10H,9H2,1-4H3. The molecule has 0 N–H and O–H groups in total. The molecule has 0 aliphatic rings. The highest BCUT2D eigenvalue weighted by Crippen LogP contribution is 2.25. The molecule has 1 aromatic heterocycles. The number of hydrogen-bond acceptors (Lipinski definition) is 4. The number of benzene rings is 1. The van der Waals surface area contributed by atoms with E-state index in [1.807, 2.05) is 19.9 Å². The fourth-order valence-corrected chi connectivity index (χ4v) is 2.74. The van der Waals surface area contributed by atoms with E-state index in [4.69, 9.17) is 10.00 Å². The van der Waals surface area contributed by atoms with Crippen LogP contribution < -0.4 is 0 Å². The van der Waals surface area contributed by atoms with E-state index >= 15 is 0 Å². The van der Waals surface area contributed by atoms with Gasteiger partial charge in [-0.25, -0.2) is 4.39 Å². The Bertz CT molecular complexity index is 790. The molecule has 5 nitrogen and oxygen atoms in total. The normalized spacial score (nSPS) is 11.8. The van der Waals surface area contributed by atoms with Gasteiger partial charge in [-0.3, -0.25) is 9.48 Å². The summed E-state index contributed by atoms with van der Waals surface area (Å²) in [5.41, 5.74) is 3.34. The smallest absolute Gasteiger partial charge is 0.312 e. The second-order valence-electron chi connectivity index (χ2n) is 5.40. The molecule has 0 aliphatic heterocycles. The fraction of sp³-hybridized carbons (Fsp3) is 0.353. The molecule has 1 atom stereocenters. The average molecular weight is 315 g/mol. The van der Waals surface area contributed by atoms with Crippen molar-refractivity contribution >= 4 is 5.97 Å². The minimum atomic E-state index is -0.446. The lowest BCUT2D eigenvalue weighted by atomic mass is 9.99. The third-order valence-electron chi connectivity index (χ3n) is 3.94. The zero-order valence-corrected chi connectivity index (χ0v) is 13.6. The first kappa shape index (κ1) is 16.7. The SMILES string of the molecule is COC(=O)C(C)c1c(C)nn(Cc2ccc(F)cc2C#N)c1C. The van der Waals surface area contributed by atoms with Gasteiger partial charge in [0.05, 0.1) is 36.9 Å². The van der Waals surface area contributed by atoms with Gasteiger partial charge in [0.1, 0.15) is 5.82 Å². The van der Waals surface area contributed by atoms with E-state index in [9.17, 15) is 9.18 Å². The summed E-state index contributed by atoms with van der Waals surface area (Å²) in [6.07, 6.45) is 0. The Kier molecular flexibility index (Phi) is 4.80. The number of methoxy groups -OCH3 is 1. The van der Waals surface area contributed by atoms with E-state index in [0.29, 0.717) is 12.1 Å². The molecule has 6 heteroatoms. The molecule has 1 unspecified atom stereocenters. The molecule has 120 valence electrons. The van der Waals surface area contributed by atoms with Crippen LogP contribution in [0.4, 0.5) is 4.39 Å². The summed E-state index contributed by atoms with van der Waals surface area (Å²) >= 11 is 0. The maximum atomic E-state index is 13.2. The van der Waals surface area contributed by atoms with E-state index in [1.165, 1.54) is 19.2 Å². The monoisotopic (exact) mass is 315 g/mol. The van der Waals surface area contributed by atoms with Gasteiger partial charge in [-0.05, 0) is 38.5 Å². The number of ether oxygens (including phenoxy) is 1. The second-order valence-corrected chi connectivity index (χ2v) is 5.40. The van der Waals surface area contributed by atoms with Crippen LogP contribution >= 0.6 is 0 Å². The van der Waals surface area contributed by atoms with Gasteiger partial charge in [-0.1, -0.05) is 6.07 Å². The minimum absolute atomic E-state index is 0.278. The van der Waals surface area contributed by atoms with Crippen LogP contribution in [0.3, 0.4) is 0 Å². The Balaban J connectivity index is 2.40. The summed E-state index contributed by atoms with van der Waals surface area (Å²) in [4.78, 5) is 11.8. The molecule has 0 bridgehead atoms. The Hall–Kier alpha value is -2.68. The molecule has 0 fully saturated rings. The Labute approximate surface area is 134 Å². The molecule has 0 aliphatic carbocycles. The van der Waals surface area contributed by atoms with Crippen LogP contribution in [0.25, 0.3) is 0 Å². The van der Waals surface area contributed by atoms with Crippen molar-refractivity contribution in [3.05, 3.63) is 52.1 Å². The lowest BCUT2D eigenvalue weighted by Gasteiger charge is -2.11. The summed E-state index contributed by atoms with van der Waals surface area (Å²) < 4.78 is 19.7. The van der Waals surface area contributed by atoms with Gasteiger partial charge in [0.25, 0.3) is 0 Å². The number of carbonyl (C=O) groups excluding carboxylic acids is 1. The first-order valence-corrected chi connectivity index (χ1v) is 7.19. The third-order valence-corrected chi connectivity index (χ3v) is 3.94. The topological polar surface area (TPSA) is 67.9 Å². The third kappa shape index (κ3) is 3.24. The van der Waals surface area contributed by atoms with E-state index in [2.05, 4.69) is 5.10 Å². The molecule has 1 heterocycles. The van der Waals surface area contributed by atoms with Crippen molar-refractivity contribution < 1.29 is 13.9 Å². The average Bonchev–Trinajstić information content (AvgIpc) is 2.81. The number of hydrogen-bond donors (Lipinski definition) is 0. The molecule has 23 heavy (non-hydrogen) atoms. The maximum Gasteiger partial charge on any atom is 0.312 e. The van der Waals surface area contributed by atoms with Crippen molar-refractivity contribution in [1.82, 2.24) is 9.78 Å². The molecule has 0 saturated carbocycles. The van der Waals surface area contributed by atoms with Gasteiger partial charge in [-0.2, -0.15) is 10.4 Å². The number of carbonyl (C=O) groups is 1. The number of rotatable bonds is 4. The first-order valence-electron chi connectivity index (χ1n) is 7.19. The summed E-state index contributed by atoms with van der Waals surface area (Å²) in [6, 6.07) is 6.10. The molecular weight excluding hydrogens is 297 g/mol. The van der Waals surface area contributed by atoms with Gasteiger partial charge in [0, 0.05) is 11.3 Å². The van der Waals surface area contributed by atoms with Crippen LogP contribution in [0.1, 0.15) is 40.9 Å². The summed E-state index contributed by atoms with van der Waals surface area (Å²) in [5.74, 6) is -1.19. The minimum Gasteiger partial charge on any atom is -0.469 e. The molecule has 0 amide bonds. The highest BCUT2D eigenvalue weighted by atomic mass is 19.1. The molecule has 1 aromatic carbocycles. The van der Waals surface area contributed by atoms with Crippen LogP contribution in [0, 0.1) is 31.0 Å². The number of halogens is 1. The summed E-state index contributed by atoms with van der Waals surface area (Å²) in [7, 11) is 1.35. The molecule has 2 rings (SSSR count). The lowest BCUT2D eigenvalue weighted by molar-refractivity contribution is -0.142. The van der Waals surface area contributed by atoms with Crippen molar-refractivity contribution in [1.29, 1.82) is 5.26 Å². The van der Waals surface area contributed by atoms with Gasteiger partial charge < -0.3 is 4.74 Å². The molecule has 2 aromatic rings. The molecule has 0 spiro atoms. The Morgan fingerprint density at radius 2 is 2.17 bits per heavy atom. The van der Waals surface area contributed by atoms with E-state index in [-0.39, 0.29) is 11.5 Å². The largest absolute Gasteiger partial charge is 0.469 e. The molecule has 0 radical (unpaired) electrons. The molecule has 0 saturated heterocycles. The van der Waals surface area contributed by atoms with Gasteiger partial charge >= 0.3 is 5.97 Å².